The number of aliphatic hydroxyl groups is 4. The first kappa shape index (κ1) is 19.9. The van der Waals surface area contributed by atoms with Gasteiger partial charge < -0.3 is 30.3 Å². The van der Waals surface area contributed by atoms with Gasteiger partial charge in [-0.15, -0.1) is 0 Å². The van der Waals surface area contributed by atoms with E-state index in [0.717, 1.165) is 0 Å². The first-order valence-corrected chi connectivity index (χ1v) is 6.79. The highest BCUT2D eigenvalue weighted by atomic mass is 16.5. The van der Waals surface area contributed by atoms with E-state index < -0.39 is 49.2 Å². The zero-order valence-corrected chi connectivity index (χ0v) is 12.0. The smallest absolute Gasteiger partial charge is 0.306 e. The molecule has 0 aliphatic heterocycles. The van der Waals surface area contributed by atoms with Crippen molar-refractivity contribution in [1.82, 2.24) is 0 Å². The van der Waals surface area contributed by atoms with Crippen molar-refractivity contribution in [2.75, 3.05) is 19.8 Å². The summed E-state index contributed by atoms with van der Waals surface area (Å²) in [7, 11) is 0. The number of carboxylic acids is 1. The van der Waals surface area contributed by atoms with Crippen LogP contribution in [0.4, 0.5) is 0 Å². The van der Waals surface area contributed by atoms with Gasteiger partial charge in [-0.1, -0.05) is 13.3 Å². The summed E-state index contributed by atoms with van der Waals surface area (Å²) in [4.78, 5) is 22.0. The summed E-state index contributed by atoms with van der Waals surface area (Å²) in [6.07, 6.45) is -3.46. The Labute approximate surface area is 123 Å². The van der Waals surface area contributed by atoms with E-state index in [1.807, 2.05) is 0 Å². The van der Waals surface area contributed by atoms with Crippen LogP contribution in [0.5, 0.6) is 0 Å². The third-order valence-electron chi connectivity index (χ3n) is 3.08. The molecule has 5 N–H and O–H groups in total. The van der Waals surface area contributed by atoms with Crippen molar-refractivity contribution >= 4 is 11.8 Å². The lowest BCUT2D eigenvalue weighted by Gasteiger charge is -2.20. The monoisotopic (exact) mass is 308 g/mol. The van der Waals surface area contributed by atoms with E-state index in [4.69, 9.17) is 20.1 Å². The van der Waals surface area contributed by atoms with E-state index in [-0.39, 0.29) is 6.61 Å². The van der Waals surface area contributed by atoms with Crippen LogP contribution in [-0.4, -0.2) is 75.4 Å². The van der Waals surface area contributed by atoms with Crippen LogP contribution in [0.2, 0.25) is 0 Å². The Kier molecular flexibility index (Phi) is 10.1. The number of ether oxygens (including phenoxy) is 1. The van der Waals surface area contributed by atoms with Gasteiger partial charge in [-0.2, -0.15) is 0 Å². The van der Waals surface area contributed by atoms with E-state index in [1.165, 1.54) is 0 Å². The largest absolute Gasteiger partial charge is 0.481 e. The van der Waals surface area contributed by atoms with Crippen LogP contribution in [0.3, 0.4) is 0 Å². The number of rotatable bonds is 12. The highest BCUT2D eigenvalue weighted by Crippen LogP contribution is 2.08. The fourth-order valence-electron chi connectivity index (χ4n) is 1.55. The Hall–Kier alpha value is -1.06. The van der Waals surface area contributed by atoms with Gasteiger partial charge in [0.2, 0.25) is 0 Å². The SMILES string of the molecule is CC(CCCCOCC(=O)[C@@H](O)[C@H](O)[C@H](O)CO)C(=O)O. The Bertz CT molecular complexity index is 319. The van der Waals surface area contributed by atoms with Gasteiger partial charge in [0, 0.05) is 6.61 Å². The summed E-state index contributed by atoms with van der Waals surface area (Å²) < 4.78 is 5.01. The van der Waals surface area contributed by atoms with Gasteiger partial charge in [0.1, 0.15) is 24.9 Å². The number of ketones is 1. The van der Waals surface area contributed by atoms with E-state index >= 15 is 0 Å². The lowest BCUT2D eigenvalue weighted by molar-refractivity contribution is -0.144. The number of aliphatic hydroxyl groups excluding tert-OH is 4. The van der Waals surface area contributed by atoms with Crippen LogP contribution in [0.25, 0.3) is 0 Å². The molecule has 21 heavy (non-hydrogen) atoms. The van der Waals surface area contributed by atoms with Crippen LogP contribution >= 0.6 is 0 Å². The highest BCUT2D eigenvalue weighted by molar-refractivity contribution is 5.84. The van der Waals surface area contributed by atoms with Crippen molar-refractivity contribution in [2.24, 2.45) is 5.92 Å². The molecule has 0 aromatic rings. The van der Waals surface area contributed by atoms with Crippen LogP contribution < -0.4 is 0 Å². The van der Waals surface area contributed by atoms with Gasteiger partial charge in [0.15, 0.2) is 5.78 Å². The summed E-state index contributed by atoms with van der Waals surface area (Å²) in [6, 6.07) is 0. The topological polar surface area (TPSA) is 145 Å². The molecular weight excluding hydrogens is 284 g/mol. The molecule has 0 heterocycles. The molecule has 0 bridgehead atoms. The van der Waals surface area contributed by atoms with Crippen LogP contribution in [0.15, 0.2) is 0 Å². The molecule has 0 amide bonds. The number of carbonyl (C=O) groups excluding carboxylic acids is 1. The van der Waals surface area contributed by atoms with Gasteiger partial charge in [0.25, 0.3) is 0 Å². The van der Waals surface area contributed by atoms with E-state index in [9.17, 15) is 19.8 Å². The van der Waals surface area contributed by atoms with Gasteiger partial charge in [-0.25, -0.2) is 0 Å². The molecule has 124 valence electrons. The number of aliphatic carboxylic acids is 1. The van der Waals surface area contributed by atoms with E-state index in [0.29, 0.717) is 19.3 Å². The Morgan fingerprint density at radius 3 is 2.29 bits per heavy atom. The Morgan fingerprint density at radius 2 is 1.76 bits per heavy atom. The second-order valence-electron chi connectivity index (χ2n) is 4.94. The molecule has 0 spiro atoms. The normalized spacial score (nSPS) is 17.0. The molecule has 0 aromatic heterocycles. The molecule has 0 fully saturated rings. The predicted octanol–water partition coefficient (Wildman–Crippen LogP) is -1.46. The minimum Gasteiger partial charge on any atom is -0.481 e. The third-order valence-corrected chi connectivity index (χ3v) is 3.08. The summed E-state index contributed by atoms with van der Waals surface area (Å²) in [5.41, 5.74) is 0. The fraction of sp³-hybridized carbons (Fsp3) is 0.846. The van der Waals surface area contributed by atoms with Crippen molar-refractivity contribution in [3.63, 3.8) is 0 Å². The van der Waals surface area contributed by atoms with E-state index in [1.54, 1.807) is 6.92 Å². The average molecular weight is 308 g/mol. The lowest BCUT2D eigenvalue weighted by atomic mass is 10.0. The number of carbonyl (C=O) groups is 2. The second kappa shape index (κ2) is 10.6. The number of unbranched alkanes of at least 4 members (excludes halogenated alkanes) is 1. The van der Waals surface area contributed by atoms with Crippen molar-refractivity contribution < 1.29 is 39.9 Å². The number of Topliss-reactive ketones (excluding diaryl/α,β-unsaturated/α-hetero) is 1. The minimum atomic E-state index is -1.82. The fourth-order valence-corrected chi connectivity index (χ4v) is 1.55. The molecule has 4 atom stereocenters. The first-order chi connectivity index (χ1) is 9.81. The van der Waals surface area contributed by atoms with Gasteiger partial charge in [-0.3, -0.25) is 9.59 Å². The number of hydrogen-bond acceptors (Lipinski definition) is 7. The molecule has 0 saturated carbocycles. The predicted molar refractivity (Wildman–Crippen MR) is 71.6 cm³/mol. The lowest BCUT2D eigenvalue weighted by Crippen LogP contribution is -2.45. The quantitative estimate of drug-likeness (QED) is 0.275. The molecule has 8 heteroatoms. The molecule has 1 unspecified atom stereocenters. The van der Waals surface area contributed by atoms with Gasteiger partial charge >= 0.3 is 5.97 Å². The molecule has 0 saturated heterocycles. The van der Waals surface area contributed by atoms with Crippen LogP contribution in [-0.2, 0) is 14.3 Å². The second-order valence-corrected chi connectivity index (χ2v) is 4.94. The summed E-state index contributed by atoms with van der Waals surface area (Å²) in [6.45, 7) is 0.638. The molecular formula is C13H24O8. The number of hydrogen-bond donors (Lipinski definition) is 5. The molecule has 8 nitrogen and oxygen atoms in total. The number of carboxylic acid groups (broad SMARTS) is 1. The maximum Gasteiger partial charge on any atom is 0.306 e. The third kappa shape index (κ3) is 8.08. The minimum absolute atomic E-state index is 0.226. The summed E-state index contributed by atoms with van der Waals surface area (Å²) in [5, 5.41) is 45.1. The summed E-state index contributed by atoms with van der Waals surface area (Å²) in [5.74, 6) is -2.08. The van der Waals surface area contributed by atoms with Crippen molar-refractivity contribution in [1.29, 1.82) is 0 Å². The van der Waals surface area contributed by atoms with Crippen molar-refractivity contribution in [3.05, 3.63) is 0 Å². The standard InChI is InChI=1S/C13H24O8/c1-8(13(19)20)4-2-3-5-21-7-10(16)12(18)11(17)9(15)6-14/h8-9,11-12,14-15,17-18H,2-7H2,1H3,(H,19,20)/t8?,9-,11-,12-/m1/s1. The van der Waals surface area contributed by atoms with Gasteiger partial charge in [-0.05, 0) is 12.8 Å². The maximum atomic E-state index is 11.4. The molecule has 0 rings (SSSR count). The molecule has 0 aromatic carbocycles. The zero-order valence-electron chi connectivity index (χ0n) is 12.0. The van der Waals surface area contributed by atoms with Crippen LogP contribution in [0, 0.1) is 5.92 Å². The average Bonchev–Trinajstić information content (AvgIpc) is 2.47. The van der Waals surface area contributed by atoms with Crippen molar-refractivity contribution in [2.45, 2.75) is 44.5 Å². The van der Waals surface area contributed by atoms with Crippen molar-refractivity contribution in [3.8, 4) is 0 Å². The molecule has 0 aliphatic rings. The summed E-state index contributed by atoms with van der Waals surface area (Å²) >= 11 is 0. The van der Waals surface area contributed by atoms with Crippen LogP contribution in [0.1, 0.15) is 26.2 Å². The van der Waals surface area contributed by atoms with E-state index in [2.05, 4.69) is 0 Å². The Morgan fingerprint density at radius 1 is 1.14 bits per heavy atom. The Balaban J connectivity index is 3.77. The zero-order chi connectivity index (χ0) is 16.4. The first-order valence-electron chi connectivity index (χ1n) is 6.79. The highest BCUT2D eigenvalue weighted by Gasteiger charge is 2.29. The molecule has 0 radical (unpaired) electrons. The maximum absolute atomic E-state index is 11.4. The van der Waals surface area contributed by atoms with Gasteiger partial charge in [0.05, 0.1) is 12.5 Å². The molecule has 0 aliphatic carbocycles.